The van der Waals surface area contributed by atoms with E-state index < -0.39 is 17.4 Å². The van der Waals surface area contributed by atoms with E-state index in [9.17, 15) is 9.59 Å². The van der Waals surface area contributed by atoms with Crippen LogP contribution in [-0.4, -0.2) is 73.5 Å². The minimum atomic E-state index is -1.57. The average Bonchev–Trinajstić information content (AvgIpc) is 2.26. The molecule has 0 aromatic carbocycles. The van der Waals surface area contributed by atoms with Crippen molar-refractivity contribution in [3.8, 4) is 0 Å². The van der Waals surface area contributed by atoms with Gasteiger partial charge in [-0.2, -0.15) is 0 Å². The summed E-state index contributed by atoms with van der Waals surface area (Å²) in [6, 6.07) is 0. The Kier molecular flexibility index (Phi) is 13.2. The summed E-state index contributed by atoms with van der Waals surface area (Å²) in [6.07, 6.45) is 5.93. The van der Waals surface area contributed by atoms with E-state index in [1.165, 1.54) is 0 Å². The summed E-state index contributed by atoms with van der Waals surface area (Å²) in [5.41, 5.74) is -1.57. The second-order valence-electron chi connectivity index (χ2n) is 4.61. The minimum absolute atomic E-state index is 0. The molecule has 5 heteroatoms. The van der Waals surface area contributed by atoms with E-state index in [0.29, 0.717) is 12.8 Å². The molecule has 0 fully saturated rings. The number of aliphatic carboxylic acids is 2. The summed E-state index contributed by atoms with van der Waals surface area (Å²) < 4.78 is 0. The predicted molar refractivity (Wildman–Crippen MR) is 73.1 cm³/mol. The Morgan fingerprint density at radius 3 is 1.72 bits per heavy atom. The molecule has 0 spiro atoms. The van der Waals surface area contributed by atoms with Crippen LogP contribution in [0.3, 0.4) is 0 Å². The molecule has 0 unspecified atom stereocenters. The van der Waals surface area contributed by atoms with E-state index >= 15 is 0 Å². The first-order chi connectivity index (χ1) is 8.01. The van der Waals surface area contributed by atoms with Gasteiger partial charge >= 0.3 is 63.3 Å². The third-order valence-electron chi connectivity index (χ3n) is 3.20. The number of unbranched alkanes of at least 4 members (excludes halogenated alkanes) is 4. The molecule has 0 aliphatic rings. The van der Waals surface area contributed by atoms with Crippen molar-refractivity contribution in [3.63, 3.8) is 0 Å². The number of carboxylic acids is 2. The molecule has 0 rings (SSSR count). The van der Waals surface area contributed by atoms with Gasteiger partial charge in [-0.1, -0.05) is 52.4 Å². The second kappa shape index (κ2) is 11.4. The third-order valence-corrected chi connectivity index (χ3v) is 3.20. The number of carboxylic acid groups (broad SMARTS) is 2. The van der Waals surface area contributed by atoms with Crippen molar-refractivity contribution in [3.05, 3.63) is 0 Å². The number of hydrogen-bond acceptors (Lipinski definition) is 2. The quantitative estimate of drug-likeness (QED) is 0.367. The molecule has 0 atom stereocenters. The van der Waals surface area contributed by atoms with Gasteiger partial charge in [-0.15, -0.1) is 0 Å². The molecule has 0 saturated heterocycles. The zero-order chi connectivity index (χ0) is 13.3. The fourth-order valence-corrected chi connectivity index (χ4v) is 2.10. The molecule has 4 nitrogen and oxygen atoms in total. The molecule has 0 aromatic heterocycles. The first-order valence-corrected chi connectivity index (χ1v) is 6.48. The fraction of sp³-hybridized carbons (Fsp3) is 0.846. The van der Waals surface area contributed by atoms with Crippen LogP contribution in [0.4, 0.5) is 0 Å². The first-order valence-electron chi connectivity index (χ1n) is 6.48. The molecule has 18 heavy (non-hydrogen) atoms. The Bertz CT molecular complexity index is 239. The van der Waals surface area contributed by atoms with Crippen LogP contribution < -0.4 is 0 Å². The zero-order valence-corrected chi connectivity index (χ0v) is 10.9. The van der Waals surface area contributed by atoms with Crippen LogP contribution >= 0.6 is 0 Å². The Hall–Kier alpha value is 0.576. The van der Waals surface area contributed by atoms with E-state index in [-0.39, 0.29) is 64.2 Å². The standard InChI is InChI=1S/C13H24O4.K.H/c1-3-5-6-7-8-10-13(9-4-2,11(14)15)12(16)17;;/h3-10H2,1-2H3,(H,14,15)(H,16,17);;. The maximum atomic E-state index is 11.2. The summed E-state index contributed by atoms with van der Waals surface area (Å²) in [4.78, 5) is 22.4. The van der Waals surface area contributed by atoms with Crippen LogP contribution in [0.25, 0.3) is 0 Å². The summed E-state index contributed by atoms with van der Waals surface area (Å²) >= 11 is 0. The topological polar surface area (TPSA) is 74.6 Å². The Labute approximate surface area is 152 Å². The number of hydrogen-bond donors (Lipinski definition) is 2. The van der Waals surface area contributed by atoms with E-state index in [2.05, 4.69) is 6.92 Å². The Morgan fingerprint density at radius 1 is 0.833 bits per heavy atom. The molecule has 0 saturated carbocycles. The van der Waals surface area contributed by atoms with Crippen LogP contribution in [0, 0.1) is 5.41 Å². The van der Waals surface area contributed by atoms with Gasteiger partial charge in [0.25, 0.3) is 0 Å². The van der Waals surface area contributed by atoms with Gasteiger partial charge in [0.05, 0.1) is 0 Å². The van der Waals surface area contributed by atoms with Crippen molar-refractivity contribution in [1.29, 1.82) is 0 Å². The third kappa shape index (κ3) is 6.66. The summed E-state index contributed by atoms with van der Waals surface area (Å²) in [5.74, 6) is -2.38. The van der Waals surface area contributed by atoms with E-state index in [1.807, 2.05) is 6.92 Å². The predicted octanol–water partition coefficient (Wildman–Crippen LogP) is 2.65. The van der Waals surface area contributed by atoms with Crippen LogP contribution in [0.5, 0.6) is 0 Å². The van der Waals surface area contributed by atoms with Gasteiger partial charge in [-0.3, -0.25) is 9.59 Å². The molecule has 0 heterocycles. The SMILES string of the molecule is CCCCCCCC(CCC)(C(=O)O)C(=O)O.[KH]. The molecule has 0 aliphatic heterocycles. The van der Waals surface area contributed by atoms with E-state index in [4.69, 9.17) is 10.2 Å². The molecular weight excluding hydrogens is 259 g/mol. The van der Waals surface area contributed by atoms with E-state index in [1.54, 1.807) is 0 Å². The van der Waals surface area contributed by atoms with Gasteiger partial charge in [0.1, 0.15) is 0 Å². The molecule has 2 N–H and O–H groups in total. The van der Waals surface area contributed by atoms with Gasteiger partial charge in [0.2, 0.25) is 0 Å². The van der Waals surface area contributed by atoms with Crippen molar-refractivity contribution >= 4 is 63.3 Å². The molecule has 0 amide bonds. The van der Waals surface area contributed by atoms with Crippen molar-refractivity contribution in [2.45, 2.75) is 65.2 Å². The Morgan fingerprint density at radius 2 is 1.33 bits per heavy atom. The van der Waals surface area contributed by atoms with E-state index in [0.717, 1.165) is 25.7 Å². The molecule has 0 bridgehead atoms. The van der Waals surface area contributed by atoms with Crippen molar-refractivity contribution in [2.75, 3.05) is 0 Å². The summed E-state index contributed by atoms with van der Waals surface area (Å²) in [7, 11) is 0. The number of carbonyl (C=O) groups is 2. The van der Waals surface area contributed by atoms with Gasteiger partial charge in [-0.05, 0) is 12.8 Å². The fourth-order valence-electron chi connectivity index (χ4n) is 2.10. The first kappa shape index (κ1) is 20.9. The monoisotopic (exact) mass is 284 g/mol. The average molecular weight is 284 g/mol. The van der Waals surface area contributed by atoms with Gasteiger partial charge in [0.15, 0.2) is 5.41 Å². The van der Waals surface area contributed by atoms with Crippen molar-refractivity contribution < 1.29 is 19.8 Å². The summed E-state index contributed by atoms with van der Waals surface area (Å²) in [6.45, 7) is 3.92. The van der Waals surface area contributed by atoms with Gasteiger partial charge < -0.3 is 10.2 Å². The van der Waals surface area contributed by atoms with Crippen LogP contribution in [0.2, 0.25) is 0 Å². The normalized spacial score (nSPS) is 10.8. The summed E-state index contributed by atoms with van der Waals surface area (Å²) in [5, 5.41) is 18.3. The molecule has 0 aliphatic carbocycles. The molecule has 0 radical (unpaired) electrons. The van der Waals surface area contributed by atoms with Crippen LogP contribution in [0.15, 0.2) is 0 Å². The van der Waals surface area contributed by atoms with Gasteiger partial charge in [0, 0.05) is 0 Å². The van der Waals surface area contributed by atoms with Crippen molar-refractivity contribution in [1.82, 2.24) is 0 Å². The second-order valence-corrected chi connectivity index (χ2v) is 4.61. The zero-order valence-electron chi connectivity index (χ0n) is 10.9. The molecule has 102 valence electrons. The van der Waals surface area contributed by atoms with Crippen LogP contribution in [-0.2, 0) is 9.59 Å². The Balaban J connectivity index is 0. The van der Waals surface area contributed by atoms with Crippen LogP contribution in [0.1, 0.15) is 65.2 Å². The maximum absolute atomic E-state index is 11.2. The van der Waals surface area contributed by atoms with Crippen molar-refractivity contribution in [2.24, 2.45) is 5.41 Å². The number of rotatable bonds is 10. The van der Waals surface area contributed by atoms with Gasteiger partial charge in [-0.25, -0.2) is 0 Å². The molecular formula is C13H25KO4. The molecule has 0 aromatic rings.